The van der Waals surface area contributed by atoms with E-state index in [9.17, 15) is 4.79 Å². The molecule has 0 aliphatic heterocycles. The predicted molar refractivity (Wildman–Crippen MR) is 99.3 cm³/mol. The molecule has 1 fully saturated rings. The van der Waals surface area contributed by atoms with Gasteiger partial charge in [-0.2, -0.15) is 0 Å². The third-order valence-electron chi connectivity index (χ3n) is 4.78. The van der Waals surface area contributed by atoms with Gasteiger partial charge in [0.1, 0.15) is 5.58 Å². The zero-order valence-corrected chi connectivity index (χ0v) is 15.1. The highest BCUT2D eigenvalue weighted by atomic mass is 127. The summed E-state index contributed by atoms with van der Waals surface area (Å²) in [5.41, 5.74) is 1.69. The van der Waals surface area contributed by atoms with Gasteiger partial charge in [-0.15, -0.1) is 0 Å². The van der Waals surface area contributed by atoms with Crippen molar-refractivity contribution in [1.29, 1.82) is 0 Å². The highest BCUT2D eigenvalue weighted by Crippen LogP contribution is 2.28. The molecule has 1 saturated carbocycles. The maximum atomic E-state index is 11.9. The number of rotatable bonds is 2. The predicted octanol–water partition coefficient (Wildman–Crippen LogP) is 5.69. The molecule has 0 atom stereocenters. The summed E-state index contributed by atoms with van der Waals surface area (Å²) in [5.74, 6) is 0.711. The van der Waals surface area contributed by atoms with Crippen LogP contribution in [0.3, 0.4) is 0 Å². The fourth-order valence-electron chi connectivity index (χ4n) is 3.61. The molecule has 0 unspecified atom stereocenters. The van der Waals surface area contributed by atoms with Crippen LogP contribution >= 0.6 is 22.6 Å². The lowest BCUT2D eigenvalue weighted by Crippen LogP contribution is -2.08. The monoisotopic (exact) mass is 410 g/mol. The fourth-order valence-corrected chi connectivity index (χ4v) is 4.07. The molecule has 0 radical (unpaired) electrons. The Bertz CT molecular complexity index is 679. The molecule has 1 aliphatic rings. The molecular weight excluding hydrogens is 387 g/mol. The second-order valence-corrected chi connectivity index (χ2v) is 7.75. The number of fused-ring (bicyclic) bond motifs is 1. The third kappa shape index (κ3) is 4.12. The highest BCUT2D eigenvalue weighted by molar-refractivity contribution is 14.1. The fraction of sp³-hybridized carbons (Fsp3) is 0.526. The van der Waals surface area contributed by atoms with Crippen molar-refractivity contribution in [2.45, 2.75) is 57.8 Å². The van der Waals surface area contributed by atoms with Crippen molar-refractivity contribution in [2.75, 3.05) is 0 Å². The molecule has 1 aromatic carbocycles. The van der Waals surface area contributed by atoms with Crippen LogP contribution < -0.4 is 5.63 Å². The lowest BCUT2D eigenvalue weighted by molar-refractivity contribution is 0.425. The maximum Gasteiger partial charge on any atom is 0.336 e. The van der Waals surface area contributed by atoms with Crippen LogP contribution in [0.5, 0.6) is 0 Å². The first kappa shape index (κ1) is 16.0. The highest BCUT2D eigenvalue weighted by Gasteiger charge is 2.14. The van der Waals surface area contributed by atoms with Crippen LogP contribution in [0.25, 0.3) is 11.0 Å². The molecule has 1 aromatic heterocycles. The summed E-state index contributed by atoms with van der Waals surface area (Å²) in [7, 11) is 0. The summed E-state index contributed by atoms with van der Waals surface area (Å²) in [5, 5.41) is 1.11. The van der Waals surface area contributed by atoms with Crippen molar-refractivity contribution in [3.8, 4) is 0 Å². The van der Waals surface area contributed by atoms with Crippen molar-refractivity contribution in [1.82, 2.24) is 0 Å². The van der Waals surface area contributed by atoms with Gasteiger partial charge in [0.15, 0.2) is 0 Å². The molecule has 2 nitrogen and oxygen atoms in total. The molecular formula is C19H23IO2. The van der Waals surface area contributed by atoms with Gasteiger partial charge >= 0.3 is 5.63 Å². The number of halogens is 1. The normalized spacial score (nSPS) is 17.9. The topological polar surface area (TPSA) is 30.2 Å². The van der Waals surface area contributed by atoms with Crippen molar-refractivity contribution >= 4 is 33.6 Å². The third-order valence-corrected chi connectivity index (χ3v) is 5.45. The van der Waals surface area contributed by atoms with Gasteiger partial charge in [0.05, 0.1) is 0 Å². The molecule has 118 valence electrons. The van der Waals surface area contributed by atoms with Gasteiger partial charge < -0.3 is 4.42 Å². The van der Waals surface area contributed by atoms with Gasteiger partial charge in [0.25, 0.3) is 0 Å². The average Bonchev–Trinajstić information content (AvgIpc) is 2.60. The zero-order chi connectivity index (χ0) is 15.4. The van der Waals surface area contributed by atoms with E-state index in [0.29, 0.717) is 5.92 Å². The second-order valence-electron chi connectivity index (χ2n) is 6.50. The molecule has 3 heteroatoms. The Morgan fingerprint density at radius 2 is 1.68 bits per heavy atom. The summed E-state index contributed by atoms with van der Waals surface area (Å²) < 4.78 is 6.48. The molecule has 0 N–H and O–H groups in total. The van der Waals surface area contributed by atoms with E-state index >= 15 is 0 Å². The molecule has 0 bridgehead atoms. The van der Waals surface area contributed by atoms with Crippen LogP contribution in [0, 0.1) is 9.49 Å². The van der Waals surface area contributed by atoms with Crippen LogP contribution in [-0.4, -0.2) is 0 Å². The summed E-state index contributed by atoms with van der Waals surface area (Å²) in [6.45, 7) is 0. The Morgan fingerprint density at radius 3 is 2.41 bits per heavy atom. The minimum absolute atomic E-state index is 0.215. The van der Waals surface area contributed by atoms with Crippen LogP contribution in [-0.2, 0) is 6.42 Å². The van der Waals surface area contributed by atoms with E-state index in [0.717, 1.165) is 21.0 Å². The van der Waals surface area contributed by atoms with E-state index < -0.39 is 0 Å². The molecule has 0 saturated heterocycles. The Hall–Kier alpha value is -0.840. The Labute approximate surface area is 145 Å². The standard InChI is InChI=1S/C19H23IO2/c20-16-9-10-17-15(12-19(21)22-18(17)13-16)11-14-7-5-3-1-2-4-6-8-14/h9-10,12-14H,1-8,11H2. The van der Waals surface area contributed by atoms with Crippen molar-refractivity contribution in [3.63, 3.8) is 0 Å². The van der Waals surface area contributed by atoms with E-state index in [1.54, 1.807) is 6.07 Å². The molecule has 1 aliphatic carbocycles. The number of benzene rings is 1. The lowest BCUT2D eigenvalue weighted by Gasteiger charge is -2.16. The first-order chi connectivity index (χ1) is 10.7. The first-order valence-electron chi connectivity index (χ1n) is 8.45. The van der Waals surface area contributed by atoms with Gasteiger partial charge in [0.2, 0.25) is 0 Å². The van der Waals surface area contributed by atoms with Gasteiger partial charge in [-0.1, -0.05) is 51.4 Å². The van der Waals surface area contributed by atoms with E-state index in [4.69, 9.17) is 4.42 Å². The molecule has 22 heavy (non-hydrogen) atoms. The van der Waals surface area contributed by atoms with Crippen LogP contribution in [0.2, 0.25) is 0 Å². The van der Waals surface area contributed by atoms with E-state index in [1.165, 1.54) is 56.9 Å². The van der Waals surface area contributed by atoms with E-state index in [1.807, 2.05) is 6.07 Å². The second kappa shape index (κ2) is 7.62. The summed E-state index contributed by atoms with van der Waals surface area (Å²) >= 11 is 2.26. The lowest BCUT2D eigenvalue weighted by atomic mass is 9.89. The Morgan fingerprint density at radius 1 is 1.00 bits per heavy atom. The Balaban J connectivity index is 1.86. The number of hydrogen-bond acceptors (Lipinski definition) is 2. The molecule has 2 aromatic rings. The SMILES string of the molecule is O=c1cc(CC2CCCCCCCC2)c2ccc(I)cc2o1. The van der Waals surface area contributed by atoms with Crippen LogP contribution in [0.4, 0.5) is 0 Å². The molecule has 0 spiro atoms. The van der Waals surface area contributed by atoms with Crippen LogP contribution in [0.15, 0.2) is 33.5 Å². The maximum absolute atomic E-state index is 11.9. The van der Waals surface area contributed by atoms with Gasteiger partial charge in [0, 0.05) is 15.0 Å². The summed E-state index contributed by atoms with van der Waals surface area (Å²) in [4.78, 5) is 11.9. The molecule has 3 rings (SSSR count). The van der Waals surface area contributed by atoms with E-state index in [-0.39, 0.29) is 5.63 Å². The summed E-state index contributed by atoms with van der Waals surface area (Å²) in [6.07, 6.45) is 11.8. The van der Waals surface area contributed by atoms with Crippen LogP contribution in [0.1, 0.15) is 56.9 Å². The molecule has 1 heterocycles. The minimum Gasteiger partial charge on any atom is -0.423 e. The van der Waals surface area contributed by atoms with Gasteiger partial charge in [-0.3, -0.25) is 0 Å². The zero-order valence-electron chi connectivity index (χ0n) is 12.9. The average molecular weight is 410 g/mol. The quantitative estimate of drug-likeness (QED) is 0.470. The van der Waals surface area contributed by atoms with Gasteiger partial charge in [-0.05, 0) is 58.7 Å². The van der Waals surface area contributed by atoms with Crippen molar-refractivity contribution < 1.29 is 4.42 Å². The van der Waals surface area contributed by atoms with E-state index in [2.05, 4.69) is 34.7 Å². The van der Waals surface area contributed by atoms with Gasteiger partial charge in [-0.25, -0.2) is 4.79 Å². The van der Waals surface area contributed by atoms with Crippen molar-refractivity contribution in [3.05, 3.63) is 43.8 Å². The smallest absolute Gasteiger partial charge is 0.336 e. The largest absolute Gasteiger partial charge is 0.423 e. The van der Waals surface area contributed by atoms with Crippen molar-refractivity contribution in [2.24, 2.45) is 5.92 Å². The molecule has 0 amide bonds. The summed E-state index contributed by atoms with van der Waals surface area (Å²) in [6, 6.07) is 7.87. The number of hydrogen-bond donors (Lipinski definition) is 0. The first-order valence-corrected chi connectivity index (χ1v) is 9.52. The Kier molecular flexibility index (Phi) is 5.55. The minimum atomic E-state index is -0.215.